The van der Waals surface area contributed by atoms with Crippen molar-refractivity contribution in [2.45, 2.75) is 152 Å². The highest BCUT2D eigenvalue weighted by Crippen LogP contribution is 2.47. The third-order valence-electron chi connectivity index (χ3n) is 6.86. The molecule has 4 nitrogen and oxygen atoms in total. The highest BCUT2D eigenvalue weighted by Gasteiger charge is 2.30. The quantitative estimate of drug-likeness (QED) is 0.191. The molecule has 0 fully saturated rings. The second-order valence-electron chi connectivity index (χ2n) is 15.0. The summed E-state index contributed by atoms with van der Waals surface area (Å²) in [5, 5.41) is 30.6. The van der Waals surface area contributed by atoms with Crippen LogP contribution in [0.25, 0.3) is 0 Å². The minimum absolute atomic E-state index is 0.0660. The van der Waals surface area contributed by atoms with E-state index in [0.29, 0.717) is 12.2 Å². The van der Waals surface area contributed by atoms with Gasteiger partial charge in [-0.15, -0.1) is 23.5 Å². The lowest BCUT2D eigenvalue weighted by molar-refractivity contribution is 0.0804. The number of hydrogen-bond acceptors (Lipinski definition) is 6. The van der Waals surface area contributed by atoms with E-state index >= 15 is 0 Å². The topological polar surface area (TPSA) is 69.9 Å². The first-order chi connectivity index (χ1) is 19.1. The lowest BCUT2D eigenvalue weighted by Gasteiger charge is -2.31. The standard InChI is InChI=1S/C34H54O4S2.C2H6/c1-21(39-23-16-25(31(2,3)4)29(37)26(17-23)32(5,6)7)40-24-18-27(33(8,9)10)30(28(19-24)34(11,12)13)38-20-22(36)14-15-35;1-2/h16-19,21-22,35-37H,14-15,20H2,1-13H3;1-2H3. The lowest BCUT2D eigenvalue weighted by atomic mass is 9.79. The summed E-state index contributed by atoms with van der Waals surface area (Å²) in [5.41, 5.74) is 3.54. The molecular formula is C36H60O4S2. The molecule has 0 amide bonds. The molecule has 0 radical (unpaired) electrons. The number of hydrogen-bond donors (Lipinski definition) is 3. The predicted molar refractivity (Wildman–Crippen MR) is 185 cm³/mol. The minimum Gasteiger partial charge on any atom is -0.507 e. The Labute approximate surface area is 266 Å². The summed E-state index contributed by atoms with van der Waals surface area (Å²) in [6.07, 6.45) is -0.416. The molecule has 2 rings (SSSR count). The largest absolute Gasteiger partial charge is 0.507 e. The van der Waals surface area contributed by atoms with Crippen LogP contribution in [0.3, 0.4) is 0 Å². The minimum atomic E-state index is -0.711. The maximum atomic E-state index is 11.1. The molecule has 0 bridgehead atoms. The fourth-order valence-electron chi connectivity index (χ4n) is 4.58. The van der Waals surface area contributed by atoms with Gasteiger partial charge in [0.25, 0.3) is 0 Å². The number of aromatic hydroxyl groups is 1. The van der Waals surface area contributed by atoms with E-state index in [-0.39, 0.29) is 39.5 Å². The monoisotopic (exact) mass is 620 g/mol. The number of rotatable bonds is 9. The molecule has 2 aromatic rings. The van der Waals surface area contributed by atoms with Gasteiger partial charge in [0.1, 0.15) is 18.1 Å². The van der Waals surface area contributed by atoms with E-state index in [1.165, 1.54) is 4.90 Å². The number of aliphatic hydroxyl groups excluding tert-OH is 2. The van der Waals surface area contributed by atoms with Crippen LogP contribution in [0.5, 0.6) is 11.5 Å². The third-order valence-corrected chi connectivity index (χ3v) is 9.12. The summed E-state index contributed by atoms with van der Waals surface area (Å²) in [4.78, 5) is 2.35. The Morgan fingerprint density at radius 1 is 0.667 bits per heavy atom. The summed E-state index contributed by atoms with van der Waals surface area (Å²) in [5.74, 6) is 1.25. The van der Waals surface area contributed by atoms with Gasteiger partial charge in [-0.05, 0) is 59.3 Å². The number of phenols is 1. The van der Waals surface area contributed by atoms with E-state index in [0.717, 1.165) is 32.9 Å². The van der Waals surface area contributed by atoms with Gasteiger partial charge >= 0.3 is 0 Å². The first-order valence-corrected chi connectivity index (χ1v) is 17.1. The van der Waals surface area contributed by atoms with Crippen molar-refractivity contribution in [1.82, 2.24) is 0 Å². The van der Waals surface area contributed by atoms with Crippen molar-refractivity contribution < 1.29 is 20.1 Å². The van der Waals surface area contributed by atoms with Crippen LogP contribution in [-0.4, -0.2) is 39.2 Å². The summed E-state index contributed by atoms with van der Waals surface area (Å²) in [6.45, 7) is 32.4. The Hall–Kier alpha value is -1.34. The zero-order valence-corrected chi connectivity index (χ0v) is 30.8. The third kappa shape index (κ3) is 11.0. The fourth-order valence-corrected chi connectivity index (χ4v) is 6.95. The zero-order chi connectivity index (χ0) is 32.8. The van der Waals surface area contributed by atoms with Crippen molar-refractivity contribution in [2.24, 2.45) is 0 Å². The molecule has 3 N–H and O–H groups in total. The zero-order valence-electron chi connectivity index (χ0n) is 29.2. The maximum absolute atomic E-state index is 11.1. The molecule has 0 saturated heterocycles. The Morgan fingerprint density at radius 2 is 1.00 bits per heavy atom. The van der Waals surface area contributed by atoms with E-state index < -0.39 is 6.10 Å². The van der Waals surface area contributed by atoms with Crippen LogP contribution in [0.4, 0.5) is 0 Å². The molecule has 2 unspecified atom stereocenters. The number of aliphatic hydroxyl groups is 2. The van der Waals surface area contributed by atoms with Crippen molar-refractivity contribution in [3.63, 3.8) is 0 Å². The van der Waals surface area contributed by atoms with E-state index in [4.69, 9.17) is 4.74 Å². The Bertz CT molecular complexity index is 1070. The van der Waals surface area contributed by atoms with Crippen molar-refractivity contribution in [3.05, 3.63) is 46.5 Å². The molecule has 0 aliphatic heterocycles. The van der Waals surface area contributed by atoms with Gasteiger partial charge in [0.15, 0.2) is 0 Å². The molecule has 0 aliphatic carbocycles. The number of phenolic OH excluding ortho intramolecular Hbond substituents is 1. The molecule has 240 valence electrons. The summed E-state index contributed by atoms with van der Waals surface area (Å²) >= 11 is 3.66. The van der Waals surface area contributed by atoms with Gasteiger partial charge in [-0.1, -0.05) is 96.9 Å². The van der Waals surface area contributed by atoms with E-state index in [1.807, 2.05) is 37.4 Å². The average Bonchev–Trinajstić information content (AvgIpc) is 2.82. The number of ether oxygens (including phenoxy) is 1. The molecule has 6 heteroatoms. The van der Waals surface area contributed by atoms with Crippen molar-refractivity contribution in [3.8, 4) is 11.5 Å². The van der Waals surface area contributed by atoms with E-state index in [9.17, 15) is 15.3 Å². The van der Waals surface area contributed by atoms with Crippen molar-refractivity contribution in [2.75, 3.05) is 13.2 Å². The van der Waals surface area contributed by atoms with Crippen LogP contribution in [0.15, 0.2) is 34.1 Å². The summed E-state index contributed by atoms with van der Waals surface area (Å²) in [6, 6.07) is 8.79. The van der Waals surface area contributed by atoms with Gasteiger partial charge in [-0.25, -0.2) is 0 Å². The normalized spacial score (nSPS) is 14.2. The van der Waals surface area contributed by atoms with Gasteiger partial charge < -0.3 is 20.1 Å². The van der Waals surface area contributed by atoms with Gasteiger partial charge in [0.05, 0.1) is 10.7 Å². The van der Waals surface area contributed by atoms with Crippen LogP contribution in [0, 0.1) is 0 Å². The van der Waals surface area contributed by atoms with E-state index in [1.54, 1.807) is 0 Å². The SMILES string of the molecule is CC.CC(Sc1cc(C(C)(C)C)c(O)c(C(C)(C)C)c1)Sc1cc(C(C)(C)C)c(OCC(O)CCO)c(C(C)(C)C)c1. The molecular weight excluding hydrogens is 561 g/mol. The summed E-state index contributed by atoms with van der Waals surface area (Å²) in [7, 11) is 0. The Kier molecular flexibility index (Phi) is 13.9. The van der Waals surface area contributed by atoms with Gasteiger partial charge in [-0.2, -0.15) is 0 Å². The molecule has 0 saturated carbocycles. The number of benzene rings is 2. The van der Waals surface area contributed by atoms with Crippen LogP contribution in [-0.2, 0) is 21.7 Å². The van der Waals surface area contributed by atoms with Crippen LogP contribution in [0.1, 0.15) is 133 Å². The fraction of sp³-hybridized carbons (Fsp3) is 0.667. The second kappa shape index (κ2) is 15.1. The average molecular weight is 621 g/mol. The molecule has 0 aromatic heterocycles. The van der Waals surface area contributed by atoms with Crippen LogP contribution in [0.2, 0.25) is 0 Å². The molecule has 0 spiro atoms. The number of thioether (sulfide) groups is 2. The van der Waals surface area contributed by atoms with Crippen LogP contribution >= 0.6 is 23.5 Å². The highest BCUT2D eigenvalue weighted by atomic mass is 32.2. The molecule has 0 heterocycles. The molecule has 2 atom stereocenters. The van der Waals surface area contributed by atoms with Gasteiger partial charge in [0, 0.05) is 38.7 Å². The van der Waals surface area contributed by atoms with Crippen LogP contribution < -0.4 is 4.74 Å². The van der Waals surface area contributed by atoms with Gasteiger partial charge in [0.2, 0.25) is 0 Å². The smallest absolute Gasteiger partial charge is 0.126 e. The molecule has 2 aromatic carbocycles. The summed E-state index contributed by atoms with van der Waals surface area (Å²) < 4.78 is 6.52. The first-order valence-electron chi connectivity index (χ1n) is 15.4. The Balaban J connectivity index is 0.00000431. The lowest BCUT2D eigenvalue weighted by Crippen LogP contribution is -2.24. The first kappa shape index (κ1) is 38.7. The maximum Gasteiger partial charge on any atom is 0.126 e. The van der Waals surface area contributed by atoms with Gasteiger partial charge in [-0.3, -0.25) is 0 Å². The van der Waals surface area contributed by atoms with E-state index in [2.05, 4.69) is 114 Å². The predicted octanol–water partition coefficient (Wildman–Crippen LogP) is 9.96. The molecule has 42 heavy (non-hydrogen) atoms. The molecule has 0 aliphatic rings. The second-order valence-corrected chi connectivity index (χ2v) is 18.1. The van der Waals surface area contributed by atoms with Crippen molar-refractivity contribution in [1.29, 1.82) is 0 Å². The van der Waals surface area contributed by atoms with Crippen molar-refractivity contribution >= 4 is 23.5 Å². The highest BCUT2D eigenvalue weighted by molar-refractivity contribution is 8.17. The Morgan fingerprint density at radius 3 is 1.31 bits per heavy atom.